The van der Waals surface area contributed by atoms with E-state index in [1.165, 1.54) is 0 Å². The fourth-order valence-electron chi connectivity index (χ4n) is 1.41. The molecule has 19 heavy (non-hydrogen) atoms. The zero-order chi connectivity index (χ0) is 13.9. The van der Waals surface area contributed by atoms with Crippen LogP contribution in [-0.2, 0) is 12.8 Å². The van der Waals surface area contributed by atoms with E-state index in [0.717, 1.165) is 5.56 Å². The van der Waals surface area contributed by atoms with E-state index in [9.17, 15) is 13.2 Å². The number of alkyl halides is 3. The first-order chi connectivity index (χ1) is 8.95. The minimum absolute atomic E-state index is 0.247. The first-order valence-corrected chi connectivity index (χ1v) is 5.40. The van der Waals surface area contributed by atoms with Crippen molar-refractivity contribution in [1.29, 1.82) is 0 Å². The zero-order valence-electron chi connectivity index (χ0n) is 9.63. The van der Waals surface area contributed by atoms with Gasteiger partial charge in [-0.15, -0.1) is 0 Å². The summed E-state index contributed by atoms with van der Waals surface area (Å²) in [5.74, 6) is 0.00101. The van der Waals surface area contributed by atoms with Crippen molar-refractivity contribution in [3.8, 4) is 0 Å². The standard InChI is InChI=1S/C11H10F3N3O2/c12-11(13,14)8(18)5-10-16-9(17-19-10)4-7-2-1-3-15-6-7/h1-3,6,8,18H,4-5H2. The highest BCUT2D eigenvalue weighted by atomic mass is 19.4. The molecule has 0 fully saturated rings. The van der Waals surface area contributed by atoms with Crippen LogP contribution >= 0.6 is 0 Å². The molecule has 2 aromatic rings. The molecule has 0 saturated heterocycles. The fraction of sp³-hybridized carbons (Fsp3) is 0.364. The number of nitrogens with zero attached hydrogens (tertiary/aromatic N) is 3. The Morgan fingerprint density at radius 2 is 2.16 bits per heavy atom. The molecule has 0 aliphatic heterocycles. The normalized spacial score (nSPS) is 13.5. The third-order valence-electron chi connectivity index (χ3n) is 2.34. The minimum atomic E-state index is -4.70. The van der Waals surface area contributed by atoms with Crippen LogP contribution in [0.5, 0.6) is 0 Å². The molecule has 2 aromatic heterocycles. The van der Waals surface area contributed by atoms with Gasteiger partial charge in [0, 0.05) is 18.8 Å². The highest BCUT2D eigenvalue weighted by Gasteiger charge is 2.39. The van der Waals surface area contributed by atoms with Crippen molar-refractivity contribution < 1.29 is 22.8 Å². The zero-order valence-corrected chi connectivity index (χ0v) is 9.63. The van der Waals surface area contributed by atoms with Gasteiger partial charge in [0.2, 0.25) is 5.89 Å². The van der Waals surface area contributed by atoms with Gasteiger partial charge < -0.3 is 9.63 Å². The van der Waals surface area contributed by atoms with Crippen molar-refractivity contribution in [1.82, 2.24) is 15.1 Å². The van der Waals surface area contributed by atoms with Gasteiger partial charge in [0.15, 0.2) is 11.9 Å². The molecule has 0 saturated carbocycles. The van der Waals surface area contributed by atoms with Crippen LogP contribution < -0.4 is 0 Å². The van der Waals surface area contributed by atoms with E-state index < -0.39 is 18.7 Å². The first-order valence-electron chi connectivity index (χ1n) is 5.40. The van der Waals surface area contributed by atoms with E-state index in [1.807, 2.05) is 0 Å². The number of rotatable bonds is 4. The molecule has 0 bridgehead atoms. The maximum Gasteiger partial charge on any atom is 0.414 e. The number of pyridine rings is 1. The SMILES string of the molecule is OC(Cc1nc(Cc2cccnc2)no1)C(F)(F)F. The number of aromatic nitrogens is 3. The lowest BCUT2D eigenvalue weighted by Gasteiger charge is -2.11. The summed E-state index contributed by atoms with van der Waals surface area (Å²) in [5, 5.41) is 12.4. The predicted octanol–water partition coefficient (Wildman–Crippen LogP) is 1.52. The van der Waals surface area contributed by atoms with Crippen LogP contribution in [0.2, 0.25) is 0 Å². The molecular weight excluding hydrogens is 263 g/mol. The Hall–Kier alpha value is -1.96. The second kappa shape index (κ2) is 5.35. The molecule has 0 aromatic carbocycles. The van der Waals surface area contributed by atoms with Crippen molar-refractivity contribution in [3.05, 3.63) is 41.8 Å². The average molecular weight is 273 g/mol. The molecule has 8 heteroatoms. The van der Waals surface area contributed by atoms with E-state index in [1.54, 1.807) is 24.5 Å². The van der Waals surface area contributed by atoms with Gasteiger partial charge in [-0.05, 0) is 11.6 Å². The van der Waals surface area contributed by atoms with Crippen molar-refractivity contribution in [3.63, 3.8) is 0 Å². The topological polar surface area (TPSA) is 72.0 Å². The van der Waals surface area contributed by atoms with Crippen molar-refractivity contribution >= 4 is 0 Å². The third kappa shape index (κ3) is 3.75. The molecule has 0 aliphatic rings. The molecule has 102 valence electrons. The maximum absolute atomic E-state index is 12.1. The molecule has 2 rings (SSSR count). The summed E-state index contributed by atoms with van der Waals surface area (Å²) in [6.45, 7) is 0. The summed E-state index contributed by atoms with van der Waals surface area (Å²) < 4.78 is 41.1. The molecule has 0 radical (unpaired) electrons. The van der Waals surface area contributed by atoms with E-state index in [2.05, 4.69) is 19.6 Å². The first kappa shape index (κ1) is 13.5. The molecule has 0 spiro atoms. The number of aliphatic hydroxyl groups excluding tert-OH is 1. The number of hydrogen-bond donors (Lipinski definition) is 1. The van der Waals surface area contributed by atoms with E-state index in [0.29, 0.717) is 6.42 Å². The summed E-state index contributed by atoms with van der Waals surface area (Å²) in [6.07, 6.45) is -4.44. The predicted molar refractivity (Wildman–Crippen MR) is 57.1 cm³/mol. The van der Waals surface area contributed by atoms with Gasteiger partial charge in [-0.3, -0.25) is 4.98 Å². The van der Waals surface area contributed by atoms with Crippen LogP contribution in [0.1, 0.15) is 17.3 Å². The van der Waals surface area contributed by atoms with E-state index in [-0.39, 0.29) is 11.7 Å². The smallest absolute Gasteiger partial charge is 0.383 e. The molecule has 0 aliphatic carbocycles. The van der Waals surface area contributed by atoms with Crippen LogP contribution in [0.15, 0.2) is 29.0 Å². The van der Waals surface area contributed by atoms with Crippen molar-refractivity contribution in [2.75, 3.05) is 0 Å². The Kier molecular flexibility index (Phi) is 3.79. The van der Waals surface area contributed by atoms with Crippen molar-refractivity contribution in [2.24, 2.45) is 0 Å². The number of hydrogen-bond acceptors (Lipinski definition) is 5. The van der Waals surface area contributed by atoms with Gasteiger partial charge >= 0.3 is 6.18 Å². The Bertz CT molecular complexity index is 527. The highest BCUT2D eigenvalue weighted by Crippen LogP contribution is 2.22. The van der Waals surface area contributed by atoms with Gasteiger partial charge in [0.05, 0.1) is 6.42 Å². The van der Waals surface area contributed by atoms with E-state index >= 15 is 0 Å². The molecular formula is C11H10F3N3O2. The lowest BCUT2D eigenvalue weighted by Crippen LogP contribution is -2.30. The highest BCUT2D eigenvalue weighted by molar-refractivity contribution is 5.13. The molecule has 2 heterocycles. The average Bonchev–Trinajstić information content (AvgIpc) is 2.76. The molecule has 1 atom stereocenters. The van der Waals surface area contributed by atoms with Gasteiger partial charge in [0.25, 0.3) is 0 Å². The Balaban J connectivity index is 2.00. The Morgan fingerprint density at radius 3 is 2.79 bits per heavy atom. The monoisotopic (exact) mass is 273 g/mol. The summed E-state index contributed by atoms with van der Waals surface area (Å²) >= 11 is 0. The molecule has 0 amide bonds. The van der Waals surface area contributed by atoms with Crippen LogP contribution in [0, 0.1) is 0 Å². The van der Waals surface area contributed by atoms with Gasteiger partial charge in [-0.1, -0.05) is 11.2 Å². The van der Waals surface area contributed by atoms with Gasteiger partial charge in [-0.2, -0.15) is 18.2 Å². The lowest BCUT2D eigenvalue weighted by molar-refractivity contribution is -0.204. The van der Waals surface area contributed by atoms with E-state index in [4.69, 9.17) is 5.11 Å². The minimum Gasteiger partial charge on any atom is -0.383 e. The maximum atomic E-state index is 12.1. The van der Waals surface area contributed by atoms with Crippen LogP contribution in [-0.4, -0.2) is 32.5 Å². The number of aliphatic hydroxyl groups is 1. The van der Waals surface area contributed by atoms with Crippen LogP contribution in [0.4, 0.5) is 13.2 Å². The third-order valence-corrected chi connectivity index (χ3v) is 2.34. The summed E-state index contributed by atoms with van der Waals surface area (Å²) in [5.41, 5.74) is 0.811. The molecule has 5 nitrogen and oxygen atoms in total. The second-order valence-electron chi connectivity index (χ2n) is 3.90. The Morgan fingerprint density at radius 1 is 1.37 bits per heavy atom. The van der Waals surface area contributed by atoms with Gasteiger partial charge in [0.1, 0.15) is 0 Å². The number of halogens is 3. The van der Waals surface area contributed by atoms with Crippen LogP contribution in [0.25, 0.3) is 0 Å². The van der Waals surface area contributed by atoms with Crippen LogP contribution in [0.3, 0.4) is 0 Å². The summed E-state index contributed by atoms with van der Waals surface area (Å²) in [6, 6.07) is 3.51. The quantitative estimate of drug-likeness (QED) is 0.914. The molecule has 1 N–H and O–H groups in total. The fourth-order valence-corrected chi connectivity index (χ4v) is 1.41. The lowest BCUT2D eigenvalue weighted by atomic mass is 10.2. The Labute approximate surface area is 106 Å². The summed E-state index contributed by atoms with van der Waals surface area (Å²) in [7, 11) is 0. The van der Waals surface area contributed by atoms with Gasteiger partial charge in [-0.25, -0.2) is 0 Å². The molecule has 1 unspecified atom stereocenters. The largest absolute Gasteiger partial charge is 0.414 e. The van der Waals surface area contributed by atoms with Crippen molar-refractivity contribution in [2.45, 2.75) is 25.1 Å². The summed E-state index contributed by atoms with van der Waals surface area (Å²) in [4.78, 5) is 7.69. The second-order valence-corrected chi connectivity index (χ2v) is 3.90.